The van der Waals surface area contributed by atoms with Crippen LogP contribution in [0.1, 0.15) is 0 Å². The van der Waals surface area contributed by atoms with Crippen molar-refractivity contribution in [1.82, 2.24) is 4.98 Å². The third-order valence-corrected chi connectivity index (χ3v) is 2.36. The molecule has 1 unspecified atom stereocenters. The number of anilines is 1. The van der Waals surface area contributed by atoms with E-state index < -0.39 is 6.10 Å². The lowest BCUT2D eigenvalue weighted by molar-refractivity contribution is 0.105. The monoisotopic (exact) mass is 218 g/mol. The van der Waals surface area contributed by atoms with Crippen LogP contribution in [0.4, 0.5) is 5.69 Å². The Morgan fingerprint density at radius 3 is 3.00 bits per heavy atom. The van der Waals surface area contributed by atoms with Gasteiger partial charge in [-0.1, -0.05) is 6.07 Å². The summed E-state index contributed by atoms with van der Waals surface area (Å²) in [6, 6.07) is 9.65. The lowest BCUT2D eigenvalue weighted by Gasteiger charge is -2.10. The van der Waals surface area contributed by atoms with E-state index in [0.29, 0.717) is 6.54 Å². The second-order valence-corrected chi connectivity index (χ2v) is 3.63. The molecule has 4 nitrogen and oxygen atoms in total. The first-order chi connectivity index (χ1) is 7.79. The smallest absolute Gasteiger partial charge is 0.0942 e. The lowest BCUT2D eigenvalue weighted by Crippen LogP contribution is -2.22. The summed E-state index contributed by atoms with van der Waals surface area (Å²) in [5, 5.41) is 22.0. The maximum Gasteiger partial charge on any atom is 0.0942 e. The Balaban J connectivity index is 2.13. The van der Waals surface area contributed by atoms with E-state index in [1.807, 2.05) is 30.3 Å². The number of nitrogens with one attached hydrogen (secondary N) is 1. The zero-order valence-electron chi connectivity index (χ0n) is 8.80. The SMILES string of the molecule is OCC(O)CNc1ccc2ncccc2c1. The summed E-state index contributed by atoms with van der Waals surface area (Å²) in [5.41, 5.74) is 1.85. The Kier molecular flexibility index (Phi) is 3.34. The van der Waals surface area contributed by atoms with Crippen molar-refractivity contribution in [2.45, 2.75) is 6.10 Å². The van der Waals surface area contributed by atoms with Gasteiger partial charge >= 0.3 is 0 Å². The molecule has 4 heteroatoms. The van der Waals surface area contributed by atoms with Crippen molar-refractivity contribution in [3.63, 3.8) is 0 Å². The van der Waals surface area contributed by atoms with Crippen molar-refractivity contribution in [3.05, 3.63) is 36.5 Å². The number of nitrogens with zero attached hydrogens (tertiary/aromatic N) is 1. The maximum atomic E-state index is 9.21. The number of aromatic nitrogens is 1. The molecule has 0 aliphatic carbocycles. The number of benzene rings is 1. The quantitative estimate of drug-likeness (QED) is 0.716. The molecule has 0 radical (unpaired) electrons. The van der Waals surface area contributed by atoms with Crippen LogP contribution < -0.4 is 5.32 Å². The van der Waals surface area contributed by atoms with E-state index in [1.165, 1.54) is 0 Å². The summed E-state index contributed by atoms with van der Waals surface area (Å²) < 4.78 is 0. The largest absolute Gasteiger partial charge is 0.394 e. The second-order valence-electron chi connectivity index (χ2n) is 3.63. The van der Waals surface area contributed by atoms with E-state index >= 15 is 0 Å². The minimum absolute atomic E-state index is 0.234. The molecule has 1 atom stereocenters. The van der Waals surface area contributed by atoms with Gasteiger partial charge in [0.05, 0.1) is 18.2 Å². The van der Waals surface area contributed by atoms with Gasteiger partial charge in [-0.15, -0.1) is 0 Å². The van der Waals surface area contributed by atoms with Gasteiger partial charge in [0.2, 0.25) is 0 Å². The normalized spacial score (nSPS) is 12.6. The molecule has 3 N–H and O–H groups in total. The van der Waals surface area contributed by atoms with Crippen LogP contribution in [-0.4, -0.2) is 34.5 Å². The number of fused-ring (bicyclic) bond motifs is 1. The third kappa shape index (κ3) is 2.48. The molecule has 0 spiro atoms. The first-order valence-electron chi connectivity index (χ1n) is 5.17. The zero-order chi connectivity index (χ0) is 11.4. The molecule has 2 aromatic rings. The molecule has 0 aliphatic rings. The van der Waals surface area contributed by atoms with E-state index in [4.69, 9.17) is 5.11 Å². The average molecular weight is 218 g/mol. The van der Waals surface area contributed by atoms with Crippen molar-refractivity contribution in [2.24, 2.45) is 0 Å². The number of aliphatic hydroxyl groups excluding tert-OH is 2. The van der Waals surface area contributed by atoms with Crippen molar-refractivity contribution in [2.75, 3.05) is 18.5 Å². The molecule has 0 bridgehead atoms. The molecule has 0 saturated heterocycles. The molecular formula is C12H14N2O2. The fraction of sp³-hybridized carbons (Fsp3) is 0.250. The number of aliphatic hydroxyl groups is 2. The Hall–Kier alpha value is -1.65. The highest BCUT2D eigenvalue weighted by molar-refractivity contribution is 5.82. The topological polar surface area (TPSA) is 65.4 Å². The van der Waals surface area contributed by atoms with Gasteiger partial charge in [-0.3, -0.25) is 4.98 Å². The molecule has 1 aromatic heterocycles. The van der Waals surface area contributed by atoms with E-state index in [0.717, 1.165) is 16.6 Å². The van der Waals surface area contributed by atoms with Crippen molar-refractivity contribution < 1.29 is 10.2 Å². The van der Waals surface area contributed by atoms with Gasteiger partial charge in [-0.05, 0) is 24.3 Å². The zero-order valence-corrected chi connectivity index (χ0v) is 8.80. The van der Waals surface area contributed by atoms with E-state index in [9.17, 15) is 5.11 Å². The van der Waals surface area contributed by atoms with E-state index in [2.05, 4.69) is 10.3 Å². The van der Waals surface area contributed by atoms with Gasteiger partial charge in [0.15, 0.2) is 0 Å². The van der Waals surface area contributed by atoms with Gasteiger partial charge in [0.25, 0.3) is 0 Å². The summed E-state index contributed by atoms with van der Waals surface area (Å²) in [4.78, 5) is 4.22. The molecule has 16 heavy (non-hydrogen) atoms. The first kappa shape index (κ1) is 10.9. The number of hydrogen-bond donors (Lipinski definition) is 3. The highest BCUT2D eigenvalue weighted by atomic mass is 16.3. The highest BCUT2D eigenvalue weighted by Gasteiger charge is 2.01. The predicted octanol–water partition coefficient (Wildman–Crippen LogP) is 1.000. The van der Waals surface area contributed by atoms with Crippen LogP contribution in [0.5, 0.6) is 0 Å². The van der Waals surface area contributed by atoms with Crippen molar-refractivity contribution >= 4 is 16.6 Å². The average Bonchev–Trinajstić information content (AvgIpc) is 2.35. The van der Waals surface area contributed by atoms with Crippen LogP contribution in [0.3, 0.4) is 0 Å². The van der Waals surface area contributed by atoms with Crippen LogP contribution in [0.25, 0.3) is 10.9 Å². The van der Waals surface area contributed by atoms with Crippen LogP contribution in [0.2, 0.25) is 0 Å². The third-order valence-electron chi connectivity index (χ3n) is 2.36. The standard InChI is InChI=1S/C12H14N2O2/c15-8-11(16)7-14-10-3-4-12-9(6-10)2-1-5-13-12/h1-6,11,14-16H,7-8H2. The number of rotatable bonds is 4. The van der Waals surface area contributed by atoms with Gasteiger partial charge in [-0.25, -0.2) is 0 Å². The first-order valence-corrected chi connectivity index (χ1v) is 5.17. The van der Waals surface area contributed by atoms with Crippen molar-refractivity contribution in [1.29, 1.82) is 0 Å². The fourth-order valence-corrected chi connectivity index (χ4v) is 1.49. The maximum absolute atomic E-state index is 9.21. The number of pyridine rings is 1. The fourth-order valence-electron chi connectivity index (χ4n) is 1.49. The molecule has 84 valence electrons. The highest BCUT2D eigenvalue weighted by Crippen LogP contribution is 2.16. The summed E-state index contributed by atoms with van der Waals surface area (Å²) >= 11 is 0. The van der Waals surface area contributed by atoms with E-state index in [-0.39, 0.29) is 6.61 Å². The van der Waals surface area contributed by atoms with Gasteiger partial charge in [-0.2, -0.15) is 0 Å². The molecular weight excluding hydrogens is 204 g/mol. The molecule has 0 saturated carbocycles. The molecule has 1 heterocycles. The molecule has 1 aromatic carbocycles. The van der Waals surface area contributed by atoms with Crippen LogP contribution in [0, 0.1) is 0 Å². The van der Waals surface area contributed by atoms with Gasteiger partial charge < -0.3 is 15.5 Å². The summed E-state index contributed by atoms with van der Waals surface area (Å²) in [6.07, 6.45) is 1.02. The summed E-state index contributed by atoms with van der Waals surface area (Å²) in [5.74, 6) is 0. The Morgan fingerprint density at radius 2 is 2.19 bits per heavy atom. The summed E-state index contributed by atoms with van der Waals surface area (Å²) in [7, 11) is 0. The van der Waals surface area contributed by atoms with Crippen LogP contribution in [0.15, 0.2) is 36.5 Å². The minimum Gasteiger partial charge on any atom is -0.394 e. The predicted molar refractivity (Wildman–Crippen MR) is 63.3 cm³/mol. The minimum atomic E-state index is -0.732. The number of hydrogen-bond acceptors (Lipinski definition) is 4. The molecule has 2 rings (SSSR count). The lowest BCUT2D eigenvalue weighted by atomic mass is 10.2. The molecule has 0 aliphatic heterocycles. The van der Waals surface area contributed by atoms with E-state index in [1.54, 1.807) is 6.20 Å². The van der Waals surface area contributed by atoms with Gasteiger partial charge in [0.1, 0.15) is 0 Å². The Morgan fingerprint density at radius 1 is 1.31 bits per heavy atom. The second kappa shape index (κ2) is 4.92. The summed E-state index contributed by atoms with van der Waals surface area (Å²) in [6.45, 7) is 0.102. The van der Waals surface area contributed by atoms with Crippen LogP contribution in [-0.2, 0) is 0 Å². The van der Waals surface area contributed by atoms with Crippen molar-refractivity contribution in [3.8, 4) is 0 Å². The molecule has 0 fully saturated rings. The molecule has 0 amide bonds. The Bertz CT molecular complexity index is 473. The van der Waals surface area contributed by atoms with Gasteiger partial charge in [0, 0.05) is 23.8 Å². The Labute approximate surface area is 93.6 Å². The van der Waals surface area contributed by atoms with Crippen LogP contribution >= 0.6 is 0 Å².